The van der Waals surface area contributed by atoms with Gasteiger partial charge < -0.3 is 4.74 Å². The standard InChI is InChI=1S/C21H21NO3S/c1-16-8-10-18(11-9-16)21(17-6-4-3-5-7-17)22-26(23,24)20-14-12-19(25-2)13-15-20/h3-15,21-22H,1-2H3/t21-/m0/s1. The van der Waals surface area contributed by atoms with Gasteiger partial charge in [-0.2, -0.15) is 4.72 Å². The van der Waals surface area contributed by atoms with Crippen molar-refractivity contribution in [2.45, 2.75) is 17.9 Å². The number of aryl methyl sites for hydroxylation is 1. The minimum Gasteiger partial charge on any atom is -0.497 e. The normalized spacial score (nSPS) is 12.5. The first kappa shape index (κ1) is 18.2. The summed E-state index contributed by atoms with van der Waals surface area (Å²) in [6.07, 6.45) is 0. The maximum Gasteiger partial charge on any atom is 0.241 e. The van der Waals surface area contributed by atoms with Crippen molar-refractivity contribution in [3.63, 3.8) is 0 Å². The number of methoxy groups -OCH3 is 1. The Hall–Kier alpha value is -2.63. The molecule has 0 fully saturated rings. The fourth-order valence-electron chi connectivity index (χ4n) is 2.71. The average Bonchev–Trinajstić information content (AvgIpc) is 2.68. The van der Waals surface area contributed by atoms with Gasteiger partial charge in [0.25, 0.3) is 0 Å². The summed E-state index contributed by atoms with van der Waals surface area (Å²) >= 11 is 0. The van der Waals surface area contributed by atoms with Crippen LogP contribution in [0.25, 0.3) is 0 Å². The number of rotatable bonds is 6. The van der Waals surface area contributed by atoms with Crippen molar-refractivity contribution in [3.05, 3.63) is 95.6 Å². The van der Waals surface area contributed by atoms with Crippen molar-refractivity contribution < 1.29 is 13.2 Å². The molecule has 134 valence electrons. The topological polar surface area (TPSA) is 55.4 Å². The average molecular weight is 367 g/mol. The van der Waals surface area contributed by atoms with Crippen LogP contribution >= 0.6 is 0 Å². The third kappa shape index (κ3) is 4.12. The van der Waals surface area contributed by atoms with Gasteiger partial charge in [-0.1, -0.05) is 60.2 Å². The highest BCUT2D eigenvalue weighted by molar-refractivity contribution is 7.89. The van der Waals surface area contributed by atoms with Gasteiger partial charge in [0.05, 0.1) is 18.0 Å². The molecule has 5 heteroatoms. The van der Waals surface area contributed by atoms with Crippen LogP contribution in [0.1, 0.15) is 22.7 Å². The summed E-state index contributed by atoms with van der Waals surface area (Å²) in [5.41, 5.74) is 2.89. The van der Waals surface area contributed by atoms with Crippen LogP contribution in [0, 0.1) is 6.92 Å². The summed E-state index contributed by atoms with van der Waals surface area (Å²) in [7, 11) is -2.15. The van der Waals surface area contributed by atoms with Crippen molar-refractivity contribution in [2.24, 2.45) is 0 Å². The lowest BCUT2D eigenvalue weighted by Gasteiger charge is -2.20. The predicted molar refractivity (Wildman–Crippen MR) is 103 cm³/mol. The molecular weight excluding hydrogens is 346 g/mol. The van der Waals surface area contributed by atoms with Crippen molar-refractivity contribution >= 4 is 10.0 Å². The van der Waals surface area contributed by atoms with E-state index in [1.54, 1.807) is 31.4 Å². The number of sulfonamides is 1. The molecule has 4 nitrogen and oxygen atoms in total. The minimum absolute atomic E-state index is 0.200. The molecule has 3 aromatic rings. The zero-order chi connectivity index (χ0) is 18.6. The molecule has 0 unspecified atom stereocenters. The Morgan fingerprint density at radius 2 is 1.38 bits per heavy atom. The van der Waals surface area contributed by atoms with Crippen LogP contribution in [0.15, 0.2) is 83.8 Å². The highest BCUT2D eigenvalue weighted by Gasteiger charge is 2.22. The first-order valence-electron chi connectivity index (χ1n) is 8.27. The smallest absolute Gasteiger partial charge is 0.241 e. The molecule has 0 aromatic heterocycles. The molecule has 26 heavy (non-hydrogen) atoms. The van der Waals surface area contributed by atoms with Gasteiger partial charge in [-0.05, 0) is 42.3 Å². The van der Waals surface area contributed by atoms with Crippen LogP contribution in [0.4, 0.5) is 0 Å². The van der Waals surface area contributed by atoms with E-state index in [4.69, 9.17) is 4.74 Å². The number of ether oxygens (including phenoxy) is 1. The van der Waals surface area contributed by atoms with Crippen molar-refractivity contribution in [3.8, 4) is 5.75 Å². The van der Waals surface area contributed by atoms with E-state index in [-0.39, 0.29) is 4.90 Å². The van der Waals surface area contributed by atoms with Crippen LogP contribution in [0.3, 0.4) is 0 Å². The Bertz CT molecular complexity index is 950. The molecular formula is C21H21NO3S. The Kier molecular flexibility index (Phi) is 5.40. The van der Waals surface area contributed by atoms with Crippen LogP contribution < -0.4 is 9.46 Å². The fraction of sp³-hybridized carbons (Fsp3) is 0.143. The van der Waals surface area contributed by atoms with E-state index in [1.807, 2.05) is 61.5 Å². The van der Waals surface area contributed by atoms with E-state index in [2.05, 4.69) is 4.72 Å². The van der Waals surface area contributed by atoms with E-state index in [0.717, 1.165) is 16.7 Å². The third-order valence-corrected chi connectivity index (χ3v) is 5.63. The Labute approximate surface area is 154 Å². The van der Waals surface area contributed by atoms with Crippen molar-refractivity contribution in [2.75, 3.05) is 7.11 Å². The molecule has 0 saturated heterocycles. The molecule has 0 heterocycles. The number of nitrogens with one attached hydrogen (secondary N) is 1. The molecule has 0 aliphatic rings. The quantitative estimate of drug-likeness (QED) is 0.714. The van der Waals surface area contributed by atoms with E-state index in [1.165, 1.54) is 0 Å². The number of hydrogen-bond acceptors (Lipinski definition) is 3. The lowest BCUT2D eigenvalue weighted by molar-refractivity contribution is 0.414. The first-order chi connectivity index (χ1) is 12.5. The van der Waals surface area contributed by atoms with Gasteiger partial charge in [-0.25, -0.2) is 8.42 Å². The molecule has 0 saturated carbocycles. The lowest BCUT2D eigenvalue weighted by atomic mass is 9.99. The third-order valence-electron chi connectivity index (χ3n) is 4.19. The van der Waals surface area contributed by atoms with Crippen molar-refractivity contribution in [1.29, 1.82) is 0 Å². The van der Waals surface area contributed by atoms with Gasteiger partial charge >= 0.3 is 0 Å². The summed E-state index contributed by atoms with van der Waals surface area (Å²) in [6, 6.07) is 23.3. The fourth-order valence-corrected chi connectivity index (χ4v) is 3.92. The van der Waals surface area contributed by atoms with Crippen LogP contribution in [-0.4, -0.2) is 15.5 Å². The maximum absolute atomic E-state index is 12.9. The summed E-state index contributed by atoms with van der Waals surface area (Å²) in [5.74, 6) is 0.613. The zero-order valence-electron chi connectivity index (χ0n) is 14.7. The van der Waals surface area contributed by atoms with Gasteiger partial charge in [0, 0.05) is 0 Å². The molecule has 0 amide bonds. The lowest BCUT2D eigenvalue weighted by Crippen LogP contribution is -2.29. The van der Waals surface area contributed by atoms with Gasteiger partial charge in [0.1, 0.15) is 5.75 Å². The van der Waals surface area contributed by atoms with E-state index in [9.17, 15) is 8.42 Å². The van der Waals surface area contributed by atoms with Gasteiger partial charge in [-0.15, -0.1) is 0 Å². The molecule has 0 spiro atoms. The summed E-state index contributed by atoms with van der Waals surface area (Å²) in [6.45, 7) is 2.00. The van der Waals surface area contributed by atoms with E-state index in [0.29, 0.717) is 5.75 Å². The Morgan fingerprint density at radius 3 is 1.96 bits per heavy atom. The molecule has 0 aliphatic carbocycles. The van der Waals surface area contributed by atoms with Crippen LogP contribution in [0.5, 0.6) is 5.75 Å². The monoisotopic (exact) mass is 367 g/mol. The maximum atomic E-state index is 12.9. The largest absolute Gasteiger partial charge is 0.497 e. The molecule has 0 radical (unpaired) electrons. The first-order valence-corrected chi connectivity index (χ1v) is 9.76. The van der Waals surface area contributed by atoms with Gasteiger partial charge in [0.15, 0.2) is 0 Å². The summed E-state index contributed by atoms with van der Waals surface area (Å²) in [4.78, 5) is 0.200. The van der Waals surface area contributed by atoms with E-state index >= 15 is 0 Å². The van der Waals surface area contributed by atoms with E-state index < -0.39 is 16.1 Å². The second-order valence-corrected chi connectivity index (χ2v) is 7.77. The summed E-state index contributed by atoms with van der Waals surface area (Å²) < 4.78 is 33.7. The van der Waals surface area contributed by atoms with Crippen LogP contribution in [-0.2, 0) is 10.0 Å². The molecule has 0 bridgehead atoms. The predicted octanol–water partition coefficient (Wildman–Crippen LogP) is 4.07. The highest BCUT2D eigenvalue weighted by atomic mass is 32.2. The van der Waals surface area contributed by atoms with Gasteiger partial charge in [0.2, 0.25) is 10.0 Å². The molecule has 1 atom stereocenters. The SMILES string of the molecule is COc1ccc(S(=O)(=O)N[C@@H](c2ccccc2)c2ccc(C)cc2)cc1. The number of hydrogen-bond donors (Lipinski definition) is 1. The zero-order valence-corrected chi connectivity index (χ0v) is 15.5. The Morgan fingerprint density at radius 1 is 0.808 bits per heavy atom. The summed E-state index contributed by atoms with van der Waals surface area (Å²) in [5, 5.41) is 0. The molecule has 1 N–H and O–H groups in total. The second kappa shape index (κ2) is 7.72. The second-order valence-electron chi connectivity index (χ2n) is 6.05. The molecule has 0 aliphatic heterocycles. The molecule has 3 rings (SSSR count). The highest BCUT2D eigenvalue weighted by Crippen LogP contribution is 2.25. The molecule has 3 aromatic carbocycles. The van der Waals surface area contributed by atoms with Crippen LogP contribution in [0.2, 0.25) is 0 Å². The Balaban J connectivity index is 1.98. The minimum atomic E-state index is -3.70. The van der Waals surface area contributed by atoms with Crippen molar-refractivity contribution in [1.82, 2.24) is 4.72 Å². The van der Waals surface area contributed by atoms with Gasteiger partial charge in [-0.3, -0.25) is 0 Å². The number of benzene rings is 3.